The first kappa shape index (κ1) is 11.0. The fraction of sp³-hybridized carbons (Fsp3) is 0.818. The van der Waals surface area contributed by atoms with E-state index in [0.717, 1.165) is 24.6 Å². The lowest BCUT2D eigenvalue weighted by Crippen LogP contribution is -2.39. The molecule has 4 heteroatoms. The molecular formula is C11H17NO2S. The quantitative estimate of drug-likeness (QED) is 0.727. The van der Waals surface area contributed by atoms with E-state index in [1.165, 1.54) is 24.2 Å². The van der Waals surface area contributed by atoms with Crippen LogP contribution in [0.4, 0.5) is 4.79 Å². The van der Waals surface area contributed by atoms with Gasteiger partial charge in [0.05, 0.1) is 5.75 Å². The van der Waals surface area contributed by atoms with Crippen molar-refractivity contribution < 1.29 is 9.59 Å². The van der Waals surface area contributed by atoms with Crippen LogP contribution in [0.2, 0.25) is 0 Å². The number of rotatable bonds is 2. The summed E-state index contributed by atoms with van der Waals surface area (Å²) in [6.07, 6.45) is 6.06. The third-order valence-electron chi connectivity index (χ3n) is 3.44. The zero-order valence-electron chi connectivity index (χ0n) is 9.12. The van der Waals surface area contributed by atoms with Crippen LogP contribution >= 0.6 is 11.8 Å². The average molecular weight is 227 g/mol. The molecule has 0 bridgehead atoms. The second-order valence-electron chi connectivity index (χ2n) is 4.91. The molecule has 2 rings (SSSR count). The molecule has 1 saturated carbocycles. The van der Waals surface area contributed by atoms with E-state index in [4.69, 9.17) is 0 Å². The molecule has 0 aromatic heterocycles. The smallest absolute Gasteiger partial charge is 0.273 e. The Bertz CT molecular complexity index is 268. The Morgan fingerprint density at radius 3 is 2.47 bits per heavy atom. The van der Waals surface area contributed by atoms with Gasteiger partial charge in [0.25, 0.3) is 5.24 Å². The molecule has 0 N–H and O–H groups in total. The molecule has 0 aromatic rings. The van der Waals surface area contributed by atoms with E-state index >= 15 is 0 Å². The van der Waals surface area contributed by atoms with Crippen LogP contribution in [0, 0.1) is 5.41 Å². The van der Waals surface area contributed by atoms with Crippen molar-refractivity contribution in [3.05, 3.63) is 0 Å². The fourth-order valence-electron chi connectivity index (χ4n) is 2.48. The fourth-order valence-corrected chi connectivity index (χ4v) is 3.20. The molecule has 0 radical (unpaired) electrons. The molecule has 2 aliphatic rings. The summed E-state index contributed by atoms with van der Waals surface area (Å²) in [7, 11) is 0. The Hall–Kier alpha value is -0.510. The summed E-state index contributed by atoms with van der Waals surface area (Å²) in [4.78, 5) is 24.4. The molecule has 3 nitrogen and oxygen atoms in total. The van der Waals surface area contributed by atoms with Gasteiger partial charge in [-0.2, -0.15) is 0 Å². The Labute approximate surface area is 94.6 Å². The SMILES string of the molecule is CC1(CN2C(=O)CSC2=O)CCCCC1. The van der Waals surface area contributed by atoms with Gasteiger partial charge in [-0.05, 0) is 18.3 Å². The van der Waals surface area contributed by atoms with Crippen molar-refractivity contribution in [1.82, 2.24) is 4.90 Å². The predicted molar refractivity (Wildman–Crippen MR) is 60.8 cm³/mol. The first-order valence-electron chi connectivity index (χ1n) is 5.58. The number of carbonyl (C=O) groups is 2. The number of hydrogen-bond acceptors (Lipinski definition) is 3. The first-order chi connectivity index (χ1) is 7.11. The van der Waals surface area contributed by atoms with Crippen LogP contribution in [0.5, 0.6) is 0 Å². The van der Waals surface area contributed by atoms with Gasteiger partial charge >= 0.3 is 0 Å². The lowest BCUT2D eigenvalue weighted by Gasteiger charge is -2.35. The van der Waals surface area contributed by atoms with E-state index in [1.54, 1.807) is 0 Å². The summed E-state index contributed by atoms with van der Waals surface area (Å²) < 4.78 is 0. The number of nitrogens with zero attached hydrogens (tertiary/aromatic N) is 1. The lowest BCUT2D eigenvalue weighted by atomic mass is 9.75. The molecular weight excluding hydrogens is 210 g/mol. The maximum atomic E-state index is 11.5. The summed E-state index contributed by atoms with van der Waals surface area (Å²) in [6.45, 7) is 2.84. The number of carbonyl (C=O) groups excluding carboxylic acids is 2. The highest BCUT2D eigenvalue weighted by molar-refractivity contribution is 8.14. The molecule has 15 heavy (non-hydrogen) atoms. The van der Waals surface area contributed by atoms with Crippen molar-refractivity contribution >= 4 is 22.9 Å². The molecule has 2 fully saturated rings. The molecule has 1 aliphatic carbocycles. The van der Waals surface area contributed by atoms with Crippen molar-refractivity contribution in [2.45, 2.75) is 39.0 Å². The Morgan fingerprint density at radius 2 is 1.93 bits per heavy atom. The van der Waals surface area contributed by atoms with Gasteiger partial charge < -0.3 is 0 Å². The van der Waals surface area contributed by atoms with Gasteiger partial charge in [0, 0.05) is 6.54 Å². The minimum absolute atomic E-state index is 0.00296. The van der Waals surface area contributed by atoms with Gasteiger partial charge in [-0.1, -0.05) is 37.9 Å². The maximum Gasteiger partial charge on any atom is 0.288 e. The number of amides is 2. The molecule has 0 unspecified atom stereocenters. The largest absolute Gasteiger partial charge is 0.288 e. The predicted octanol–water partition coefficient (Wildman–Crippen LogP) is 2.65. The van der Waals surface area contributed by atoms with E-state index in [2.05, 4.69) is 6.92 Å². The highest BCUT2D eigenvalue weighted by Crippen LogP contribution is 2.37. The highest BCUT2D eigenvalue weighted by Gasteiger charge is 2.37. The zero-order chi connectivity index (χ0) is 10.9. The molecule has 2 amide bonds. The lowest BCUT2D eigenvalue weighted by molar-refractivity contribution is -0.125. The summed E-state index contributed by atoms with van der Waals surface area (Å²) in [5, 5.41) is -0.0493. The molecule has 1 heterocycles. The van der Waals surface area contributed by atoms with Gasteiger partial charge in [0.1, 0.15) is 0 Å². The first-order valence-corrected chi connectivity index (χ1v) is 6.56. The van der Waals surface area contributed by atoms with Crippen molar-refractivity contribution in [1.29, 1.82) is 0 Å². The number of imide groups is 1. The Balaban J connectivity index is 2.00. The van der Waals surface area contributed by atoms with Crippen molar-refractivity contribution in [2.75, 3.05) is 12.3 Å². The van der Waals surface area contributed by atoms with Gasteiger partial charge in [-0.25, -0.2) is 0 Å². The molecule has 0 aromatic carbocycles. The van der Waals surface area contributed by atoms with Crippen LogP contribution in [0.3, 0.4) is 0 Å². The summed E-state index contributed by atoms with van der Waals surface area (Å²) in [5.41, 5.74) is 0.175. The topological polar surface area (TPSA) is 37.4 Å². The van der Waals surface area contributed by atoms with Gasteiger partial charge in [0.2, 0.25) is 5.91 Å². The van der Waals surface area contributed by atoms with Gasteiger partial charge in [-0.15, -0.1) is 0 Å². The van der Waals surface area contributed by atoms with Crippen molar-refractivity contribution in [3.8, 4) is 0 Å². The Kier molecular flexibility index (Phi) is 3.05. The summed E-state index contributed by atoms with van der Waals surface area (Å²) in [5.74, 6) is 0.339. The van der Waals surface area contributed by atoms with Crippen LogP contribution in [0.15, 0.2) is 0 Å². The third kappa shape index (κ3) is 2.36. The monoisotopic (exact) mass is 227 g/mol. The van der Waals surface area contributed by atoms with E-state index in [1.807, 2.05) is 0 Å². The minimum atomic E-state index is -0.0493. The van der Waals surface area contributed by atoms with Gasteiger partial charge in [-0.3, -0.25) is 14.5 Å². The van der Waals surface area contributed by atoms with E-state index < -0.39 is 0 Å². The van der Waals surface area contributed by atoms with Crippen LogP contribution in [-0.4, -0.2) is 28.3 Å². The van der Waals surface area contributed by atoms with Crippen LogP contribution in [0.25, 0.3) is 0 Å². The summed E-state index contributed by atoms with van der Waals surface area (Å²) >= 11 is 1.14. The van der Waals surface area contributed by atoms with E-state index in [-0.39, 0.29) is 16.6 Å². The molecule has 0 atom stereocenters. The van der Waals surface area contributed by atoms with Crippen LogP contribution < -0.4 is 0 Å². The normalized spacial score (nSPS) is 26.1. The maximum absolute atomic E-state index is 11.5. The average Bonchev–Trinajstić information content (AvgIpc) is 2.50. The third-order valence-corrected chi connectivity index (χ3v) is 4.30. The highest BCUT2D eigenvalue weighted by atomic mass is 32.2. The van der Waals surface area contributed by atoms with Crippen molar-refractivity contribution in [3.63, 3.8) is 0 Å². The van der Waals surface area contributed by atoms with Crippen LogP contribution in [-0.2, 0) is 4.79 Å². The molecule has 84 valence electrons. The molecule has 0 spiro atoms. The minimum Gasteiger partial charge on any atom is -0.273 e. The van der Waals surface area contributed by atoms with Gasteiger partial charge in [0.15, 0.2) is 0 Å². The van der Waals surface area contributed by atoms with Crippen molar-refractivity contribution in [2.24, 2.45) is 5.41 Å². The van der Waals surface area contributed by atoms with Crippen LogP contribution in [0.1, 0.15) is 39.0 Å². The van der Waals surface area contributed by atoms with E-state index in [9.17, 15) is 9.59 Å². The second-order valence-corrected chi connectivity index (χ2v) is 5.83. The second kappa shape index (κ2) is 4.16. The standard InChI is InChI=1S/C11H17NO2S/c1-11(5-3-2-4-6-11)8-12-9(13)7-15-10(12)14/h2-8H2,1H3. The molecule has 1 aliphatic heterocycles. The van der Waals surface area contributed by atoms with E-state index in [0.29, 0.717) is 12.3 Å². The Morgan fingerprint density at radius 1 is 1.27 bits per heavy atom. The number of hydrogen-bond donors (Lipinski definition) is 0. The summed E-state index contributed by atoms with van der Waals surface area (Å²) in [6, 6.07) is 0. The molecule has 1 saturated heterocycles. The number of thioether (sulfide) groups is 1. The zero-order valence-corrected chi connectivity index (χ0v) is 9.94.